The van der Waals surface area contributed by atoms with Crippen LogP contribution in [-0.4, -0.2) is 33.6 Å². The second-order valence-electron chi connectivity index (χ2n) is 6.59. The molecule has 0 fully saturated rings. The molecule has 0 saturated heterocycles. The predicted molar refractivity (Wildman–Crippen MR) is 137 cm³/mol. The second kappa shape index (κ2) is 12.6. The molecule has 3 N–H and O–H groups in total. The fourth-order valence-corrected chi connectivity index (χ4v) is 3.46. The molecular formula is C21H21BrCl3N3O3S. The summed E-state index contributed by atoms with van der Waals surface area (Å²) in [5.41, 5.74) is 1.38. The molecule has 0 bridgehead atoms. The van der Waals surface area contributed by atoms with Gasteiger partial charge in [-0.1, -0.05) is 60.3 Å². The number of unbranched alkanes of at least 4 members (excludes halogenated alkanes) is 1. The van der Waals surface area contributed by atoms with E-state index in [1.165, 1.54) is 0 Å². The van der Waals surface area contributed by atoms with Gasteiger partial charge in [0.15, 0.2) is 5.11 Å². The van der Waals surface area contributed by atoms with E-state index in [0.29, 0.717) is 27.9 Å². The number of anilines is 1. The van der Waals surface area contributed by atoms with Crippen LogP contribution in [0, 0.1) is 0 Å². The lowest BCUT2D eigenvalue weighted by Crippen LogP contribution is -2.56. The van der Waals surface area contributed by atoms with Crippen LogP contribution in [0.1, 0.15) is 40.5 Å². The monoisotopic (exact) mass is 579 g/mol. The van der Waals surface area contributed by atoms with Gasteiger partial charge in [-0.3, -0.25) is 4.79 Å². The normalized spacial score (nSPS) is 11.9. The molecule has 0 aliphatic rings. The maximum Gasteiger partial charge on any atom is 0.338 e. The van der Waals surface area contributed by atoms with E-state index in [0.717, 1.165) is 12.8 Å². The van der Waals surface area contributed by atoms with Crippen molar-refractivity contribution in [2.75, 3.05) is 11.9 Å². The van der Waals surface area contributed by atoms with Crippen LogP contribution >= 0.6 is 63.0 Å². The summed E-state index contributed by atoms with van der Waals surface area (Å²) in [6, 6.07) is 13.4. The average molecular weight is 582 g/mol. The first-order valence-electron chi connectivity index (χ1n) is 9.58. The third kappa shape index (κ3) is 8.41. The Morgan fingerprint density at radius 2 is 1.75 bits per heavy atom. The number of thiocarbonyl (C=S) groups is 1. The Labute approximate surface area is 215 Å². The zero-order valence-electron chi connectivity index (χ0n) is 17.0. The molecule has 0 heterocycles. The minimum Gasteiger partial charge on any atom is -0.462 e. The first-order chi connectivity index (χ1) is 15.1. The summed E-state index contributed by atoms with van der Waals surface area (Å²) in [6.45, 7) is 2.40. The highest BCUT2D eigenvalue weighted by Crippen LogP contribution is 2.29. The van der Waals surface area contributed by atoms with E-state index in [1.807, 2.05) is 6.92 Å². The van der Waals surface area contributed by atoms with Gasteiger partial charge in [0.05, 0.1) is 17.7 Å². The number of hydrogen-bond acceptors (Lipinski definition) is 4. The van der Waals surface area contributed by atoms with E-state index in [1.54, 1.807) is 48.5 Å². The highest BCUT2D eigenvalue weighted by molar-refractivity contribution is 9.10. The second-order valence-corrected chi connectivity index (χ2v) is 10.2. The lowest BCUT2D eigenvalue weighted by Gasteiger charge is -2.28. The number of hydrogen-bond donors (Lipinski definition) is 3. The molecule has 0 radical (unpaired) electrons. The first-order valence-corrected chi connectivity index (χ1v) is 11.9. The van der Waals surface area contributed by atoms with Gasteiger partial charge in [0.25, 0.3) is 5.91 Å². The van der Waals surface area contributed by atoms with Crippen LogP contribution in [-0.2, 0) is 4.74 Å². The van der Waals surface area contributed by atoms with Gasteiger partial charge in [-0.05, 0) is 71.0 Å². The quantitative estimate of drug-likeness (QED) is 0.120. The smallest absolute Gasteiger partial charge is 0.338 e. The zero-order chi connectivity index (χ0) is 23.7. The molecule has 0 aromatic heterocycles. The van der Waals surface area contributed by atoms with Crippen LogP contribution in [0.5, 0.6) is 0 Å². The molecule has 32 heavy (non-hydrogen) atoms. The standard InChI is InChI=1S/C21H21BrCl3N3O3S/c1-2-3-12-31-18(30)13-8-10-14(11-9-13)26-20(32)28-19(21(23,24)25)27-17(29)15-6-4-5-7-16(15)22/h4-11,19H,2-3,12H2,1H3,(H,27,29)(H2,26,28,32). The first kappa shape index (κ1) is 26.7. The molecule has 172 valence electrons. The van der Waals surface area contributed by atoms with Crippen molar-refractivity contribution in [3.8, 4) is 0 Å². The molecule has 2 aromatic rings. The maximum absolute atomic E-state index is 12.6. The predicted octanol–water partition coefficient (Wildman–Crippen LogP) is 5.82. The molecule has 1 atom stereocenters. The fraction of sp³-hybridized carbons (Fsp3) is 0.286. The summed E-state index contributed by atoms with van der Waals surface area (Å²) in [7, 11) is 0. The van der Waals surface area contributed by atoms with Crippen LogP contribution in [0.3, 0.4) is 0 Å². The minimum atomic E-state index is -1.89. The van der Waals surface area contributed by atoms with Crippen LogP contribution in [0.15, 0.2) is 53.0 Å². The summed E-state index contributed by atoms with van der Waals surface area (Å²) in [5, 5.41) is 8.42. The molecule has 0 spiro atoms. The number of esters is 1. The number of carbonyl (C=O) groups is 2. The van der Waals surface area contributed by atoms with Gasteiger partial charge in [-0.2, -0.15) is 0 Å². The number of alkyl halides is 3. The van der Waals surface area contributed by atoms with Crippen LogP contribution in [0.25, 0.3) is 0 Å². The Bertz CT molecular complexity index is 955. The molecule has 1 unspecified atom stereocenters. The van der Waals surface area contributed by atoms with Crippen molar-refractivity contribution in [2.45, 2.75) is 29.7 Å². The van der Waals surface area contributed by atoms with E-state index < -0.39 is 21.8 Å². The van der Waals surface area contributed by atoms with Gasteiger partial charge in [-0.25, -0.2) is 4.79 Å². The minimum absolute atomic E-state index is 0.104. The molecule has 11 heteroatoms. The number of halogens is 4. The molecule has 1 amide bonds. The van der Waals surface area contributed by atoms with Gasteiger partial charge in [0, 0.05) is 10.2 Å². The van der Waals surface area contributed by atoms with E-state index in [2.05, 4.69) is 31.9 Å². The molecule has 2 aromatic carbocycles. The SMILES string of the molecule is CCCCOC(=O)c1ccc(NC(=S)NC(NC(=O)c2ccccc2Br)C(Cl)(Cl)Cl)cc1. The Kier molecular flexibility index (Phi) is 10.5. The van der Waals surface area contributed by atoms with Crippen LogP contribution in [0.2, 0.25) is 0 Å². The summed E-state index contributed by atoms with van der Waals surface area (Å²) < 4.78 is 3.87. The molecule has 2 rings (SSSR count). The molecule has 0 aliphatic carbocycles. The van der Waals surface area contributed by atoms with Crippen molar-refractivity contribution in [2.24, 2.45) is 0 Å². The largest absolute Gasteiger partial charge is 0.462 e. The Morgan fingerprint density at radius 3 is 2.34 bits per heavy atom. The number of rotatable bonds is 8. The number of amides is 1. The molecule has 6 nitrogen and oxygen atoms in total. The van der Waals surface area contributed by atoms with Gasteiger partial charge >= 0.3 is 5.97 Å². The van der Waals surface area contributed by atoms with E-state index >= 15 is 0 Å². The summed E-state index contributed by atoms with van der Waals surface area (Å²) in [6.07, 6.45) is 0.631. The van der Waals surface area contributed by atoms with Gasteiger partial charge in [0.2, 0.25) is 3.79 Å². The topological polar surface area (TPSA) is 79.5 Å². The van der Waals surface area contributed by atoms with E-state index in [9.17, 15) is 9.59 Å². The van der Waals surface area contributed by atoms with E-state index in [-0.39, 0.29) is 5.11 Å². The molecule has 0 aliphatic heterocycles. The zero-order valence-corrected chi connectivity index (χ0v) is 21.6. The van der Waals surface area contributed by atoms with Crippen molar-refractivity contribution >= 4 is 85.6 Å². The maximum atomic E-state index is 12.6. The van der Waals surface area contributed by atoms with Gasteiger partial charge in [-0.15, -0.1) is 0 Å². The number of ether oxygens (including phenoxy) is 1. The van der Waals surface area contributed by atoms with Crippen LogP contribution < -0.4 is 16.0 Å². The van der Waals surface area contributed by atoms with Gasteiger partial charge in [0.1, 0.15) is 6.17 Å². The lowest BCUT2D eigenvalue weighted by atomic mass is 10.2. The summed E-state index contributed by atoms with van der Waals surface area (Å²) >= 11 is 26.7. The van der Waals surface area contributed by atoms with Crippen LogP contribution in [0.4, 0.5) is 5.69 Å². The molecular weight excluding hydrogens is 561 g/mol. The highest BCUT2D eigenvalue weighted by Gasteiger charge is 2.35. The number of benzene rings is 2. The average Bonchev–Trinajstić information content (AvgIpc) is 2.73. The third-order valence-electron chi connectivity index (χ3n) is 4.11. The fourth-order valence-electron chi connectivity index (χ4n) is 2.43. The third-order valence-corrected chi connectivity index (χ3v) is 5.67. The Hall–Kier alpha value is -1.58. The van der Waals surface area contributed by atoms with Gasteiger partial charge < -0.3 is 20.7 Å². The molecule has 0 saturated carbocycles. The summed E-state index contributed by atoms with van der Waals surface area (Å²) in [4.78, 5) is 24.6. The van der Waals surface area contributed by atoms with Crippen molar-refractivity contribution in [1.29, 1.82) is 0 Å². The summed E-state index contributed by atoms with van der Waals surface area (Å²) in [5.74, 6) is -0.855. The number of nitrogens with one attached hydrogen (secondary N) is 3. The number of carbonyl (C=O) groups excluding carboxylic acids is 2. The lowest BCUT2D eigenvalue weighted by molar-refractivity contribution is 0.0499. The highest BCUT2D eigenvalue weighted by atomic mass is 79.9. The van der Waals surface area contributed by atoms with Crippen molar-refractivity contribution in [1.82, 2.24) is 10.6 Å². The Morgan fingerprint density at radius 1 is 1.09 bits per heavy atom. The Balaban J connectivity index is 1.99. The van der Waals surface area contributed by atoms with E-state index in [4.69, 9.17) is 51.8 Å². The van der Waals surface area contributed by atoms with Crippen molar-refractivity contribution in [3.05, 3.63) is 64.1 Å². The van der Waals surface area contributed by atoms with Crippen molar-refractivity contribution < 1.29 is 14.3 Å². The van der Waals surface area contributed by atoms with Crippen molar-refractivity contribution in [3.63, 3.8) is 0 Å².